The molecule has 1 N–H and O–H groups in total. The summed E-state index contributed by atoms with van der Waals surface area (Å²) in [7, 11) is 0. The van der Waals surface area contributed by atoms with Crippen LogP contribution in [0.2, 0.25) is 0 Å². The van der Waals surface area contributed by atoms with E-state index in [1.807, 2.05) is 0 Å². The quantitative estimate of drug-likeness (QED) is 0.474. The van der Waals surface area contributed by atoms with Crippen molar-refractivity contribution in [3.63, 3.8) is 0 Å². The zero-order valence-corrected chi connectivity index (χ0v) is 11.5. The van der Waals surface area contributed by atoms with E-state index in [4.69, 9.17) is 21.1 Å². The molecule has 2 aliphatic heterocycles. The van der Waals surface area contributed by atoms with E-state index in [1.54, 1.807) is 0 Å². The summed E-state index contributed by atoms with van der Waals surface area (Å²) in [6, 6.07) is 0. The SMILES string of the molecule is O=c1n(CC(O)CCl)c(=O)n(CC2CO2)n1CC1CO1. The van der Waals surface area contributed by atoms with Crippen molar-refractivity contribution in [2.75, 3.05) is 19.1 Å². The lowest BCUT2D eigenvalue weighted by atomic mass is 10.4. The van der Waals surface area contributed by atoms with E-state index < -0.39 is 17.5 Å². The van der Waals surface area contributed by atoms with Crippen LogP contribution >= 0.6 is 11.6 Å². The van der Waals surface area contributed by atoms with Gasteiger partial charge in [-0.3, -0.25) is 0 Å². The fraction of sp³-hybridized carbons (Fsp3) is 0.818. The molecule has 0 radical (unpaired) electrons. The molecule has 112 valence electrons. The van der Waals surface area contributed by atoms with Crippen molar-refractivity contribution < 1.29 is 14.6 Å². The monoisotopic (exact) mass is 305 g/mol. The van der Waals surface area contributed by atoms with E-state index in [-0.39, 0.29) is 24.6 Å². The van der Waals surface area contributed by atoms with Gasteiger partial charge >= 0.3 is 11.4 Å². The van der Waals surface area contributed by atoms with Crippen LogP contribution in [-0.2, 0) is 29.1 Å². The summed E-state index contributed by atoms with van der Waals surface area (Å²) in [5, 5.41) is 9.55. The fourth-order valence-corrected chi connectivity index (χ4v) is 2.17. The summed E-state index contributed by atoms with van der Waals surface area (Å²) in [6.45, 7) is 1.76. The summed E-state index contributed by atoms with van der Waals surface area (Å²) >= 11 is 5.52. The predicted molar refractivity (Wildman–Crippen MR) is 69.2 cm³/mol. The van der Waals surface area contributed by atoms with Gasteiger partial charge in [0.2, 0.25) is 0 Å². The molecule has 0 bridgehead atoms. The van der Waals surface area contributed by atoms with Crippen LogP contribution in [0.3, 0.4) is 0 Å². The first kappa shape index (κ1) is 13.9. The van der Waals surface area contributed by atoms with Gasteiger partial charge in [0, 0.05) is 0 Å². The first-order chi connectivity index (χ1) is 9.60. The average Bonchev–Trinajstić information content (AvgIpc) is 3.32. The van der Waals surface area contributed by atoms with Crippen molar-refractivity contribution in [2.24, 2.45) is 0 Å². The lowest BCUT2D eigenvalue weighted by molar-refractivity contribution is 0.173. The third kappa shape index (κ3) is 2.83. The summed E-state index contributed by atoms with van der Waals surface area (Å²) in [5.41, 5.74) is -0.898. The van der Waals surface area contributed by atoms with Crippen LogP contribution in [0.4, 0.5) is 0 Å². The van der Waals surface area contributed by atoms with Crippen LogP contribution in [-0.4, -0.2) is 56.4 Å². The van der Waals surface area contributed by atoms with Crippen molar-refractivity contribution in [2.45, 2.75) is 37.9 Å². The maximum Gasteiger partial charge on any atom is 0.347 e. The number of epoxide rings is 2. The Hall–Kier alpha value is -1.09. The van der Waals surface area contributed by atoms with Crippen molar-refractivity contribution in [3.05, 3.63) is 21.0 Å². The Morgan fingerprint density at radius 3 is 1.95 bits per heavy atom. The Balaban J connectivity index is 1.94. The Morgan fingerprint density at radius 1 is 1.15 bits per heavy atom. The molecule has 2 saturated heterocycles. The van der Waals surface area contributed by atoms with Gasteiger partial charge < -0.3 is 14.6 Å². The molecule has 20 heavy (non-hydrogen) atoms. The number of aliphatic hydroxyl groups is 1. The first-order valence-corrected chi connectivity index (χ1v) is 7.01. The van der Waals surface area contributed by atoms with Gasteiger partial charge in [0.15, 0.2) is 0 Å². The Labute approximate surface area is 119 Å². The van der Waals surface area contributed by atoms with Gasteiger partial charge in [0.25, 0.3) is 0 Å². The molecule has 1 aromatic heterocycles. The second-order valence-corrected chi connectivity index (χ2v) is 5.37. The summed E-state index contributed by atoms with van der Waals surface area (Å²) < 4.78 is 14.0. The number of rotatable bonds is 7. The Morgan fingerprint density at radius 2 is 1.60 bits per heavy atom. The van der Waals surface area contributed by atoms with E-state index in [0.29, 0.717) is 26.3 Å². The third-order valence-electron chi connectivity index (χ3n) is 3.32. The third-order valence-corrected chi connectivity index (χ3v) is 3.68. The highest BCUT2D eigenvalue weighted by molar-refractivity contribution is 6.18. The number of halogens is 1. The molecular weight excluding hydrogens is 290 g/mol. The molecule has 0 aromatic carbocycles. The molecule has 0 saturated carbocycles. The molecule has 8 nitrogen and oxygen atoms in total. The summed E-state index contributed by atoms with van der Waals surface area (Å²) in [5.74, 6) is -0.0332. The highest BCUT2D eigenvalue weighted by Crippen LogP contribution is 2.13. The maximum atomic E-state index is 12.3. The van der Waals surface area contributed by atoms with Gasteiger partial charge in [-0.05, 0) is 0 Å². The minimum Gasteiger partial charge on any atom is -0.390 e. The highest BCUT2D eigenvalue weighted by atomic mass is 35.5. The largest absolute Gasteiger partial charge is 0.390 e. The van der Waals surface area contributed by atoms with Crippen molar-refractivity contribution in [1.29, 1.82) is 0 Å². The molecule has 3 unspecified atom stereocenters. The normalized spacial score (nSPS) is 25.7. The average molecular weight is 306 g/mol. The molecule has 1 aromatic rings. The Kier molecular flexibility index (Phi) is 3.72. The van der Waals surface area contributed by atoms with Gasteiger partial charge in [-0.2, -0.15) is 0 Å². The minimum atomic E-state index is -0.930. The molecule has 3 heterocycles. The van der Waals surface area contributed by atoms with Gasteiger partial charge in [0.05, 0.1) is 44.8 Å². The molecule has 3 rings (SSSR count). The van der Waals surface area contributed by atoms with E-state index >= 15 is 0 Å². The van der Waals surface area contributed by atoms with Crippen LogP contribution in [0.1, 0.15) is 0 Å². The van der Waals surface area contributed by atoms with Gasteiger partial charge in [-0.25, -0.2) is 23.5 Å². The number of hydrogen-bond donors (Lipinski definition) is 1. The van der Waals surface area contributed by atoms with E-state index in [0.717, 1.165) is 4.57 Å². The zero-order valence-electron chi connectivity index (χ0n) is 10.8. The van der Waals surface area contributed by atoms with E-state index in [2.05, 4.69) is 0 Å². The van der Waals surface area contributed by atoms with Gasteiger partial charge in [0.1, 0.15) is 12.2 Å². The summed E-state index contributed by atoms with van der Waals surface area (Å²) in [4.78, 5) is 24.6. The molecule has 3 atom stereocenters. The van der Waals surface area contributed by atoms with Crippen molar-refractivity contribution >= 4 is 11.6 Å². The van der Waals surface area contributed by atoms with Crippen LogP contribution < -0.4 is 11.4 Å². The van der Waals surface area contributed by atoms with E-state index in [9.17, 15) is 14.7 Å². The van der Waals surface area contributed by atoms with Crippen LogP contribution in [0.5, 0.6) is 0 Å². The molecule has 0 aliphatic carbocycles. The van der Waals surface area contributed by atoms with Crippen molar-refractivity contribution in [3.8, 4) is 0 Å². The lowest BCUT2D eigenvalue weighted by Gasteiger charge is -2.05. The molecule has 0 amide bonds. The Bertz CT molecular complexity index is 553. The molecule has 9 heteroatoms. The van der Waals surface area contributed by atoms with Gasteiger partial charge in [-0.1, -0.05) is 0 Å². The molecule has 0 spiro atoms. The molecular formula is C11H16ClN3O5. The van der Waals surface area contributed by atoms with E-state index in [1.165, 1.54) is 9.36 Å². The number of nitrogens with zero attached hydrogens (tertiary/aromatic N) is 3. The van der Waals surface area contributed by atoms with Crippen LogP contribution in [0.25, 0.3) is 0 Å². The van der Waals surface area contributed by atoms with Crippen LogP contribution in [0.15, 0.2) is 9.59 Å². The number of aliphatic hydroxyl groups excluding tert-OH is 1. The molecule has 2 fully saturated rings. The first-order valence-electron chi connectivity index (χ1n) is 6.48. The number of aromatic nitrogens is 3. The topological polar surface area (TPSA) is 94.2 Å². The summed E-state index contributed by atoms with van der Waals surface area (Å²) in [6.07, 6.45) is -0.972. The molecule has 2 aliphatic rings. The predicted octanol–water partition coefficient (Wildman–Crippen LogP) is -1.79. The zero-order chi connectivity index (χ0) is 14.3. The lowest BCUT2D eigenvalue weighted by Crippen LogP contribution is -2.34. The number of ether oxygens (including phenoxy) is 2. The highest BCUT2D eigenvalue weighted by Gasteiger charge is 2.30. The number of hydrogen-bond acceptors (Lipinski definition) is 5. The van der Waals surface area contributed by atoms with Crippen molar-refractivity contribution in [1.82, 2.24) is 13.9 Å². The van der Waals surface area contributed by atoms with Gasteiger partial charge in [-0.15, -0.1) is 11.6 Å². The second-order valence-electron chi connectivity index (χ2n) is 5.06. The number of alkyl halides is 1. The minimum absolute atomic E-state index is 0.0210. The smallest absolute Gasteiger partial charge is 0.347 e. The fourth-order valence-electron chi connectivity index (χ4n) is 2.07. The second kappa shape index (κ2) is 5.36. The van der Waals surface area contributed by atoms with Crippen LogP contribution in [0, 0.1) is 0 Å². The maximum absolute atomic E-state index is 12.3. The standard InChI is InChI=1S/C11H16ClN3O5/c12-1-7(16)2-13-10(17)14(3-8-5-19-8)15(11(13)18)4-9-6-20-9/h7-9,16H,1-6H2.